The highest BCUT2D eigenvalue weighted by atomic mass is 32.1. The highest BCUT2D eigenvalue weighted by molar-refractivity contribution is 7.20. The zero-order valence-corrected chi connectivity index (χ0v) is 19.9. The molecule has 0 spiro atoms. The minimum absolute atomic E-state index is 0.129. The van der Waals surface area contributed by atoms with Gasteiger partial charge in [-0.3, -0.25) is 4.79 Å². The number of methoxy groups -OCH3 is 1. The molecule has 3 aromatic rings. The van der Waals surface area contributed by atoms with Crippen LogP contribution in [0, 0.1) is 11.3 Å². The fourth-order valence-electron chi connectivity index (χ4n) is 3.12. The molecule has 1 N–H and O–H groups in total. The van der Waals surface area contributed by atoms with E-state index in [1.54, 1.807) is 31.2 Å². The van der Waals surface area contributed by atoms with Gasteiger partial charge in [0.05, 0.1) is 25.9 Å². The second-order valence-electron chi connectivity index (χ2n) is 6.91. The molecule has 2 aromatic carbocycles. The van der Waals surface area contributed by atoms with E-state index >= 15 is 0 Å². The van der Waals surface area contributed by atoms with E-state index in [1.807, 2.05) is 43.3 Å². The van der Waals surface area contributed by atoms with Crippen LogP contribution in [0.1, 0.15) is 29.8 Å². The van der Waals surface area contributed by atoms with E-state index in [4.69, 9.17) is 14.2 Å². The fraction of sp³-hybridized carbons (Fsp3) is 0.192. The van der Waals surface area contributed by atoms with E-state index in [-0.39, 0.29) is 17.7 Å². The van der Waals surface area contributed by atoms with Crippen molar-refractivity contribution in [3.05, 3.63) is 71.3 Å². The molecule has 0 saturated heterocycles. The van der Waals surface area contributed by atoms with Gasteiger partial charge >= 0.3 is 5.97 Å². The highest BCUT2D eigenvalue weighted by Gasteiger charge is 2.21. The molecule has 174 valence electrons. The summed E-state index contributed by atoms with van der Waals surface area (Å²) >= 11 is 1.24. The van der Waals surface area contributed by atoms with Crippen LogP contribution in [0.5, 0.6) is 11.5 Å². The third kappa shape index (κ3) is 5.82. The van der Waals surface area contributed by atoms with Crippen LogP contribution in [0.4, 0.5) is 5.00 Å². The number of nitrogens with one attached hydrogen (secondary N) is 1. The Kier molecular flexibility index (Phi) is 8.43. The summed E-state index contributed by atoms with van der Waals surface area (Å²) in [6.07, 6.45) is 1.45. The monoisotopic (exact) mass is 476 g/mol. The van der Waals surface area contributed by atoms with Crippen LogP contribution < -0.4 is 14.8 Å². The predicted octanol–water partition coefficient (Wildman–Crippen LogP) is 5.54. The van der Waals surface area contributed by atoms with Crippen molar-refractivity contribution in [3.8, 4) is 28.0 Å². The summed E-state index contributed by atoms with van der Waals surface area (Å²) in [5.74, 6) is -0.128. The molecule has 7 nitrogen and oxygen atoms in total. The molecule has 0 bridgehead atoms. The molecule has 3 rings (SSSR count). The minimum Gasteiger partial charge on any atom is -0.493 e. The molecule has 1 aromatic heterocycles. The number of hydrogen-bond acceptors (Lipinski definition) is 7. The number of benzene rings is 2. The molecule has 0 atom stereocenters. The standard InChI is InChI=1S/C26H24N2O5S/c1-4-32-21-12-11-17(14-22(21)31-3)13-19(16-27)24(29)28-25-20(26(30)33-5-2)15-23(34-25)18-9-7-6-8-10-18/h6-15H,4-5H2,1-3H3,(H,28,29). The number of nitrogens with zero attached hydrogens (tertiary/aromatic N) is 1. The van der Waals surface area contributed by atoms with E-state index in [9.17, 15) is 14.9 Å². The Morgan fingerprint density at radius 3 is 2.47 bits per heavy atom. The Bertz CT molecular complexity index is 1240. The van der Waals surface area contributed by atoms with Crippen molar-refractivity contribution in [2.24, 2.45) is 0 Å². The van der Waals surface area contributed by atoms with Gasteiger partial charge in [-0.25, -0.2) is 4.79 Å². The van der Waals surface area contributed by atoms with Crippen LogP contribution in [0.2, 0.25) is 0 Å². The summed E-state index contributed by atoms with van der Waals surface area (Å²) in [7, 11) is 1.52. The van der Waals surface area contributed by atoms with E-state index < -0.39 is 11.9 Å². The van der Waals surface area contributed by atoms with Gasteiger partial charge in [0.2, 0.25) is 0 Å². The lowest BCUT2D eigenvalue weighted by atomic mass is 10.1. The topological polar surface area (TPSA) is 97.7 Å². The van der Waals surface area contributed by atoms with Gasteiger partial charge in [0.1, 0.15) is 16.6 Å². The molecule has 0 saturated carbocycles. The third-order valence-electron chi connectivity index (χ3n) is 4.68. The predicted molar refractivity (Wildman–Crippen MR) is 132 cm³/mol. The zero-order valence-electron chi connectivity index (χ0n) is 19.1. The molecule has 1 heterocycles. The number of esters is 1. The molecular weight excluding hydrogens is 452 g/mol. The maximum Gasteiger partial charge on any atom is 0.341 e. The Balaban J connectivity index is 1.92. The maximum atomic E-state index is 12.9. The number of rotatable bonds is 9. The fourth-order valence-corrected chi connectivity index (χ4v) is 4.17. The van der Waals surface area contributed by atoms with Crippen LogP contribution in [0.15, 0.2) is 60.2 Å². The summed E-state index contributed by atoms with van der Waals surface area (Å²) in [6, 6.07) is 18.2. The van der Waals surface area contributed by atoms with Crippen molar-refractivity contribution in [1.29, 1.82) is 5.26 Å². The average Bonchev–Trinajstić information content (AvgIpc) is 3.28. The molecule has 0 aliphatic carbocycles. The number of nitriles is 1. The summed E-state index contributed by atoms with van der Waals surface area (Å²) in [4.78, 5) is 26.2. The Labute approximate surface area is 202 Å². The maximum absolute atomic E-state index is 12.9. The molecular formula is C26H24N2O5S. The quantitative estimate of drug-likeness (QED) is 0.247. The molecule has 0 aliphatic rings. The SMILES string of the molecule is CCOC(=O)c1cc(-c2ccccc2)sc1NC(=O)C(C#N)=Cc1ccc(OCC)c(OC)c1. The molecule has 0 aliphatic heterocycles. The van der Waals surface area contributed by atoms with Crippen LogP contribution >= 0.6 is 11.3 Å². The summed E-state index contributed by atoms with van der Waals surface area (Å²) < 4.78 is 16.0. The number of carbonyl (C=O) groups is 2. The van der Waals surface area contributed by atoms with Gasteiger partial charge in [0.15, 0.2) is 11.5 Å². The Morgan fingerprint density at radius 2 is 1.82 bits per heavy atom. The second kappa shape index (κ2) is 11.7. The number of carbonyl (C=O) groups excluding carboxylic acids is 2. The third-order valence-corrected chi connectivity index (χ3v) is 5.78. The van der Waals surface area contributed by atoms with Crippen molar-refractivity contribution in [2.75, 3.05) is 25.6 Å². The Morgan fingerprint density at radius 1 is 1.06 bits per heavy atom. The molecule has 8 heteroatoms. The van der Waals surface area contributed by atoms with Gasteiger partial charge in [-0.05, 0) is 49.2 Å². The lowest BCUT2D eigenvalue weighted by molar-refractivity contribution is -0.112. The first-order valence-corrected chi connectivity index (χ1v) is 11.4. The lowest BCUT2D eigenvalue weighted by Gasteiger charge is -2.10. The van der Waals surface area contributed by atoms with E-state index in [2.05, 4.69) is 5.32 Å². The number of anilines is 1. The second-order valence-corrected chi connectivity index (χ2v) is 7.96. The van der Waals surface area contributed by atoms with Crippen molar-refractivity contribution in [1.82, 2.24) is 0 Å². The van der Waals surface area contributed by atoms with Crippen LogP contribution in [0.3, 0.4) is 0 Å². The van der Waals surface area contributed by atoms with Crippen molar-refractivity contribution in [3.63, 3.8) is 0 Å². The van der Waals surface area contributed by atoms with Gasteiger partial charge in [-0.15, -0.1) is 11.3 Å². The molecule has 0 fully saturated rings. The van der Waals surface area contributed by atoms with Crippen LogP contribution in [-0.4, -0.2) is 32.2 Å². The van der Waals surface area contributed by atoms with Crippen LogP contribution in [-0.2, 0) is 9.53 Å². The van der Waals surface area contributed by atoms with Gasteiger partial charge < -0.3 is 19.5 Å². The van der Waals surface area contributed by atoms with E-state index in [0.717, 1.165) is 10.4 Å². The number of ether oxygens (including phenoxy) is 3. The van der Waals surface area contributed by atoms with E-state index in [0.29, 0.717) is 28.7 Å². The summed E-state index contributed by atoms with van der Waals surface area (Å²) in [5.41, 5.74) is 1.60. The van der Waals surface area contributed by atoms with Gasteiger partial charge in [-0.1, -0.05) is 36.4 Å². The minimum atomic E-state index is -0.637. The lowest BCUT2D eigenvalue weighted by Crippen LogP contribution is -2.15. The van der Waals surface area contributed by atoms with Gasteiger partial charge in [0, 0.05) is 4.88 Å². The number of thiophene rings is 1. The molecule has 1 amide bonds. The van der Waals surface area contributed by atoms with E-state index in [1.165, 1.54) is 24.5 Å². The molecule has 0 unspecified atom stereocenters. The summed E-state index contributed by atoms with van der Waals surface area (Å²) in [5, 5.41) is 12.6. The van der Waals surface area contributed by atoms with Crippen LogP contribution in [0.25, 0.3) is 16.5 Å². The summed E-state index contributed by atoms with van der Waals surface area (Å²) in [6.45, 7) is 4.25. The van der Waals surface area contributed by atoms with Crippen molar-refractivity contribution >= 4 is 34.3 Å². The number of amides is 1. The first-order chi connectivity index (χ1) is 16.5. The smallest absolute Gasteiger partial charge is 0.341 e. The normalized spacial score (nSPS) is 10.8. The van der Waals surface area contributed by atoms with Crippen molar-refractivity contribution < 1.29 is 23.8 Å². The molecule has 34 heavy (non-hydrogen) atoms. The average molecular weight is 477 g/mol. The number of hydrogen-bond donors (Lipinski definition) is 1. The first-order valence-electron chi connectivity index (χ1n) is 10.6. The largest absolute Gasteiger partial charge is 0.493 e. The van der Waals surface area contributed by atoms with Crippen molar-refractivity contribution in [2.45, 2.75) is 13.8 Å². The molecule has 0 radical (unpaired) electrons. The highest BCUT2D eigenvalue weighted by Crippen LogP contribution is 2.36. The zero-order chi connectivity index (χ0) is 24.5. The Hall–Kier alpha value is -4.09. The van der Waals surface area contributed by atoms with Gasteiger partial charge in [0.25, 0.3) is 5.91 Å². The van der Waals surface area contributed by atoms with Gasteiger partial charge in [-0.2, -0.15) is 5.26 Å². The first kappa shape index (κ1) is 24.6.